The number of carbonyl (C=O) groups is 2. The molecule has 1 aromatic heterocycles. The third-order valence-electron chi connectivity index (χ3n) is 4.24. The summed E-state index contributed by atoms with van der Waals surface area (Å²) in [5, 5.41) is 3.01. The van der Waals surface area contributed by atoms with E-state index in [1.54, 1.807) is 33.8 Å². The van der Waals surface area contributed by atoms with Gasteiger partial charge >= 0.3 is 12.1 Å². The van der Waals surface area contributed by atoms with E-state index in [-0.39, 0.29) is 30.8 Å². The van der Waals surface area contributed by atoms with Crippen molar-refractivity contribution in [2.45, 2.75) is 46.8 Å². The van der Waals surface area contributed by atoms with E-state index in [9.17, 15) is 14.4 Å². The number of aromatic nitrogens is 1. The van der Waals surface area contributed by atoms with Crippen LogP contribution in [0.15, 0.2) is 29.2 Å². The first-order chi connectivity index (χ1) is 15.2. The average Bonchev–Trinajstić information content (AvgIpc) is 2.72. The fraction of sp³-hybridized carbons (Fsp3) is 0.458. The summed E-state index contributed by atoms with van der Waals surface area (Å²) in [7, 11) is 0. The molecule has 0 fully saturated rings. The highest BCUT2D eigenvalue weighted by Crippen LogP contribution is 2.15. The van der Waals surface area contributed by atoms with E-state index in [0.29, 0.717) is 24.0 Å². The second-order valence-electron chi connectivity index (χ2n) is 7.89. The number of aryl methyl sites for hydroxylation is 1. The predicted molar refractivity (Wildman–Crippen MR) is 122 cm³/mol. The van der Waals surface area contributed by atoms with Gasteiger partial charge in [-0.2, -0.15) is 0 Å². The van der Waals surface area contributed by atoms with Gasteiger partial charge in [0, 0.05) is 30.2 Å². The predicted octanol–water partition coefficient (Wildman–Crippen LogP) is 3.09. The zero-order valence-electron chi connectivity index (χ0n) is 19.2. The van der Waals surface area contributed by atoms with Crippen LogP contribution < -0.4 is 10.7 Å². The van der Waals surface area contributed by atoms with Crippen LogP contribution in [0.4, 0.5) is 4.79 Å². The van der Waals surface area contributed by atoms with Crippen molar-refractivity contribution in [2.24, 2.45) is 0 Å². The molecule has 1 heterocycles. The fourth-order valence-corrected chi connectivity index (χ4v) is 2.89. The van der Waals surface area contributed by atoms with Crippen LogP contribution in [0.5, 0.6) is 0 Å². The minimum Gasteiger partial charge on any atom is -0.462 e. The minimum atomic E-state index is -0.633. The zero-order valence-corrected chi connectivity index (χ0v) is 19.2. The number of alkyl carbamates (subject to hydrolysis) is 1. The van der Waals surface area contributed by atoms with E-state index < -0.39 is 17.7 Å². The number of ether oxygens (including phenoxy) is 3. The first-order valence-electron chi connectivity index (χ1n) is 10.5. The minimum absolute atomic E-state index is 0.00660. The van der Waals surface area contributed by atoms with Crippen molar-refractivity contribution < 1.29 is 23.8 Å². The number of pyridine rings is 1. The van der Waals surface area contributed by atoms with E-state index in [2.05, 4.69) is 17.2 Å². The number of amides is 1. The highest BCUT2D eigenvalue weighted by Gasteiger charge is 2.16. The van der Waals surface area contributed by atoms with Crippen molar-refractivity contribution in [1.82, 2.24) is 9.88 Å². The van der Waals surface area contributed by atoms with Crippen LogP contribution in [0, 0.1) is 11.8 Å². The molecule has 172 valence electrons. The van der Waals surface area contributed by atoms with Gasteiger partial charge in [-0.25, -0.2) is 9.59 Å². The van der Waals surface area contributed by atoms with Crippen LogP contribution >= 0.6 is 0 Å². The number of fused-ring (bicyclic) bond motifs is 1. The maximum atomic E-state index is 12.8. The summed E-state index contributed by atoms with van der Waals surface area (Å²) in [6.07, 6.45) is 1.04. The molecule has 8 nitrogen and oxygen atoms in total. The van der Waals surface area contributed by atoms with Crippen molar-refractivity contribution in [3.05, 3.63) is 45.7 Å². The van der Waals surface area contributed by atoms with E-state index in [1.807, 2.05) is 23.6 Å². The van der Waals surface area contributed by atoms with E-state index in [0.717, 1.165) is 5.52 Å². The van der Waals surface area contributed by atoms with Crippen molar-refractivity contribution in [1.29, 1.82) is 0 Å². The van der Waals surface area contributed by atoms with Gasteiger partial charge in [0.15, 0.2) is 0 Å². The van der Waals surface area contributed by atoms with Gasteiger partial charge in [0.05, 0.1) is 18.7 Å². The summed E-state index contributed by atoms with van der Waals surface area (Å²) in [6.45, 7) is 10.6. The molecule has 0 bridgehead atoms. The molecular formula is C24H30N2O6. The SMILES string of the molecule is CCOC(=O)c1cn(CC)c2ccc(C#CCOCCNC(=O)OC(C)(C)C)cc2c1=O. The molecule has 1 aromatic carbocycles. The van der Waals surface area contributed by atoms with E-state index in [1.165, 1.54) is 6.20 Å². The smallest absolute Gasteiger partial charge is 0.407 e. The van der Waals surface area contributed by atoms with Gasteiger partial charge in [-0.1, -0.05) is 11.8 Å². The lowest BCUT2D eigenvalue weighted by Gasteiger charge is -2.19. The Hall–Kier alpha value is -3.31. The average molecular weight is 443 g/mol. The van der Waals surface area contributed by atoms with Crippen LogP contribution in [-0.4, -0.2) is 48.6 Å². The molecule has 32 heavy (non-hydrogen) atoms. The molecule has 0 aliphatic heterocycles. The van der Waals surface area contributed by atoms with E-state index in [4.69, 9.17) is 14.2 Å². The molecule has 8 heteroatoms. The van der Waals surface area contributed by atoms with Gasteiger partial charge in [0.1, 0.15) is 17.8 Å². The number of nitrogens with one attached hydrogen (secondary N) is 1. The molecular weight excluding hydrogens is 412 g/mol. The lowest BCUT2D eigenvalue weighted by atomic mass is 10.1. The van der Waals surface area contributed by atoms with Crippen LogP contribution in [0.2, 0.25) is 0 Å². The lowest BCUT2D eigenvalue weighted by Crippen LogP contribution is -2.34. The summed E-state index contributed by atoms with van der Waals surface area (Å²) in [5.74, 6) is 5.20. The maximum absolute atomic E-state index is 12.8. The third-order valence-corrected chi connectivity index (χ3v) is 4.24. The zero-order chi connectivity index (χ0) is 23.7. The molecule has 0 saturated heterocycles. The largest absolute Gasteiger partial charge is 0.462 e. The Bertz CT molecular complexity index is 1090. The molecule has 0 atom stereocenters. The van der Waals surface area contributed by atoms with Gasteiger partial charge in [0.25, 0.3) is 0 Å². The second-order valence-corrected chi connectivity index (χ2v) is 7.89. The van der Waals surface area contributed by atoms with Crippen molar-refractivity contribution in [2.75, 3.05) is 26.4 Å². The topological polar surface area (TPSA) is 95.9 Å². The summed E-state index contributed by atoms with van der Waals surface area (Å²) in [4.78, 5) is 36.5. The van der Waals surface area contributed by atoms with Gasteiger partial charge in [-0.15, -0.1) is 0 Å². The second kappa shape index (κ2) is 11.3. The van der Waals surface area contributed by atoms with Crippen LogP contribution in [0.25, 0.3) is 10.9 Å². The molecule has 2 rings (SSSR count). The molecule has 0 spiro atoms. The number of esters is 1. The van der Waals surface area contributed by atoms with Gasteiger partial charge in [0.2, 0.25) is 5.43 Å². The molecule has 0 radical (unpaired) electrons. The van der Waals surface area contributed by atoms with Crippen molar-refractivity contribution in [3.63, 3.8) is 0 Å². The van der Waals surface area contributed by atoms with Gasteiger partial charge in [-0.05, 0) is 52.8 Å². The normalized spacial score (nSPS) is 10.9. The first-order valence-corrected chi connectivity index (χ1v) is 10.5. The Morgan fingerprint density at radius 2 is 1.94 bits per heavy atom. The fourth-order valence-electron chi connectivity index (χ4n) is 2.89. The van der Waals surface area contributed by atoms with Crippen molar-refractivity contribution in [3.8, 4) is 11.8 Å². The molecule has 2 aromatic rings. The lowest BCUT2D eigenvalue weighted by molar-refractivity contribution is 0.0502. The number of nitrogens with zero attached hydrogens (tertiary/aromatic N) is 1. The molecule has 0 aliphatic rings. The van der Waals surface area contributed by atoms with Crippen LogP contribution in [0.1, 0.15) is 50.5 Å². The number of carbonyl (C=O) groups excluding carboxylic acids is 2. The number of rotatable bonds is 7. The molecule has 0 aliphatic carbocycles. The quantitative estimate of drug-likeness (QED) is 0.402. The van der Waals surface area contributed by atoms with Crippen LogP contribution in [0.3, 0.4) is 0 Å². The number of benzene rings is 1. The maximum Gasteiger partial charge on any atom is 0.407 e. The third kappa shape index (κ3) is 7.13. The molecule has 1 N–H and O–H groups in total. The molecule has 0 unspecified atom stereocenters. The standard InChI is InChI=1S/C24H30N2O6/c1-6-26-16-19(22(28)31-7-2)21(27)18-15-17(10-11-20(18)26)9-8-13-30-14-12-25-23(29)32-24(3,4)5/h10-11,15-16H,6-7,12-14H2,1-5H3,(H,25,29). The van der Waals surface area contributed by atoms with E-state index >= 15 is 0 Å². The van der Waals surface area contributed by atoms with Gasteiger partial charge in [-0.3, -0.25) is 4.79 Å². The Balaban J connectivity index is 2.03. The number of hydrogen-bond acceptors (Lipinski definition) is 6. The highest BCUT2D eigenvalue weighted by atomic mass is 16.6. The number of hydrogen-bond donors (Lipinski definition) is 1. The summed E-state index contributed by atoms with van der Waals surface area (Å²) < 4.78 is 17.4. The molecule has 0 saturated carbocycles. The van der Waals surface area contributed by atoms with Crippen molar-refractivity contribution >= 4 is 23.0 Å². The summed E-state index contributed by atoms with van der Waals surface area (Å²) in [5.41, 5.74) is 0.436. The Morgan fingerprint density at radius 3 is 2.59 bits per heavy atom. The molecule has 1 amide bonds. The Labute approximate surface area is 187 Å². The van der Waals surface area contributed by atoms with Gasteiger partial charge < -0.3 is 24.1 Å². The van der Waals surface area contributed by atoms with Crippen LogP contribution in [-0.2, 0) is 20.8 Å². The monoisotopic (exact) mass is 442 g/mol. The Kier molecular flexibility index (Phi) is 8.85. The first kappa shape index (κ1) is 25.0. The highest BCUT2D eigenvalue weighted by molar-refractivity contribution is 5.94. The Morgan fingerprint density at radius 1 is 1.19 bits per heavy atom. The summed E-state index contributed by atoms with van der Waals surface area (Å²) in [6, 6.07) is 5.30. The summed E-state index contributed by atoms with van der Waals surface area (Å²) >= 11 is 0.